The molecule has 0 unspecified atom stereocenters. The van der Waals surface area contributed by atoms with Crippen LogP contribution in [0.15, 0.2) is 0 Å². The number of hydrogen-bond acceptors (Lipinski definition) is 3. The van der Waals surface area contributed by atoms with Crippen molar-refractivity contribution in [1.82, 2.24) is 9.62 Å². The minimum atomic E-state index is -3.10. The zero-order valence-electron chi connectivity index (χ0n) is 12.6. The molecule has 0 saturated heterocycles. The Morgan fingerprint density at radius 1 is 1.06 bits per heavy atom. The molecular weight excluding hydrogens is 248 g/mol. The van der Waals surface area contributed by atoms with Gasteiger partial charge in [-0.25, -0.2) is 12.7 Å². The molecule has 0 spiro atoms. The van der Waals surface area contributed by atoms with Crippen molar-refractivity contribution in [3.05, 3.63) is 0 Å². The zero-order chi connectivity index (χ0) is 14.2. The monoisotopic (exact) mass is 278 g/mol. The van der Waals surface area contributed by atoms with Gasteiger partial charge in [0.1, 0.15) is 0 Å². The maximum absolute atomic E-state index is 12.3. The van der Waals surface area contributed by atoms with Crippen LogP contribution in [0.4, 0.5) is 0 Å². The lowest BCUT2D eigenvalue weighted by Crippen LogP contribution is -2.39. The Balaban J connectivity index is 4.44. The summed E-state index contributed by atoms with van der Waals surface area (Å²) in [4.78, 5) is 0. The number of sulfonamides is 1. The van der Waals surface area contributed by atoms with Gasteiger partial charge in [0.05, 0.1) is 5.75 Å². The maximum Gasteiger partial charge on any atom is 0.214 e. The van der Waals surface area contributed by atoms with Gasteiger partial charge in [-0.1, -0.05) is 34.6 Å². The summed E-state index contributed by atoms with van der Waals surface area (Å²) < 4.78 is 26.2. The van der Waals surface area contributed by atoms with E-state index in [1.807, 2.05) is 6.92 Å². The first-order chi connectivity index (χ1) is 8.29. The number of hydrogen-bond donors (Lipinski definition) is 1. The van der Waals surface area contributed by atoms with Crippen LogP contribution >= 0.6 is 0 Å². The Hall–Kier alpha value is -0.130. The number of nitrogens with zero attached hydrogens (tertiary/aromatic N) is 1. The molecule has 0 aliphatic rings. The van der Waals surface area contributed by atoms with Gasteiger partial charge in [-0.05, 0) is 31.3 Å². The molecular formula is C13H30N2O2S. The van der Waals surface area contributed by atoms with Crippen LogP contribution in [0, 0.1) is 11.8 Å². The van der Waals surface area contributed by atoms with E-state index < -0.39 is 10.0 Å². The Labute approximate surface area is 113 Å². The number of nitrogens with one attached hydrogen (secondary N) is 1. The van der Waals surface area contributed by atoms with Gasteiger partial charge in [0.2, 0.25) is 10.0 Å². The highest BCUT2D eigenvalue weighted by Crippen LogP contribution is 2.10. The topological polar surface area (TPSA) is 49.4 Å². The standard InChI is InChI=1S/C13H30N2O2S/c1-6-14-8-7-9-18(16,17)15(10-12(2)3)11-13(4)5/h12-14H,6-11H2,1-5H3. The Bertz CT molecular complexity index is 290. The van der Waals surface area contributed by atoms with E-state index in [-0.39, 0.29) is 5.75 Å². The smallest absolute Gasteiger partial charge is 0.214 e. The Morgan fingerprint density at radius 3 is 1.94 bits per heavy atom. The third kappa shape index (κ3) is 8.06. The molecule has 0 aromatic carbocycles. The van der Waals surface area contributed by atoms with Gasteiger partial charge >= 0.3 is 0 Å². The lowest BCUT2D eigenvalue weighted by Gasteiger charge is -2.25. The summed E-state index contributed by atoms with van der Waals surface area (Å²) in [6.45, 7) is 13.2. The fraction of sp³-hybridized carbons (Fsp3) is 1.00. The van der Waals surface area contributed by atoms with Gasteiger partial charge in [-0.15, -0.1) is 0 Å². The lowest BCUT2D eigenvalue weighted by molar-refractivity contribution is 0.333. The quantitative estimate of drug-likeness (QED) is 0.621. The van der Waals surface area contributed by atoms with E-state index in [2.05, 4.69) is 33.0 Å². The molecule has 5 heteroatoms. The largest absolute Gasteiger partial charge is 0.317 e. The van der Waals surface area contributed by atoms with Crippen molar-refractivity contribution in [3.63, 3.8) is 0 Å². The fourth-order valence-electron chi connectivity index (χ4n) is 1.80. The predicted molar refractivity (Wildman–Crippen MR) is 78.2 cm³/mol. The molecule has 0 aromatic rings. The normalized spacial score (nSPS) is 12.9. The van der Waals surface area contributed by atoms with Gasteiger partial charge in [0, 0.05) is 13.1 Å². The highest BCUT2D eigenvalue weighted by molar-refractivity contribution is 7.89. The average molecular weight is 278 g/mol. The fourth-order valence-corrected chi connectivity index (χ4v) is 3.62. The Morgan fingerprint density at radius 2 is 1.56 bits per heavy atom. The second-order valence-electron chi connectivity index (χ2n) is 5.63. The molecule has 0 aliphatic heterocycles. The van der Waals surface area contributed by atoms with E-state index in [0.717, 1.165) is 13.1 Å². The van der Waals surface area contributed by atoms with Crippen molar-refractivity contribution in [2.45, 2.75) is 41.0 Å². The Kier molecular flexibility index (Phi) is 8.82. The van der Waals surface area contributed by atoms with E-state index in [4.69, 9.17) is 0 Å². The molecule has 0 bridgehead atoms. The third-order valence-corrected chi connectivity index (χ3v) is 4.43. The molecule has 0 fully saturated rings. The van der Waals surface area contributed by atoms with Gasteiger partial charge < -0.3 is 5.32 Å². The molecule has 0 saturated carbocycles. The lowest BCUT2D eigenvalue weighted by atomic mass is 10.2. The second kappa shape index (κ2) is 8.88. The summed E-state index contributed by atoms with van der Waals surface area (Å²) in [7, 11) is -3.10. The number of rotatable bonds is 10. The molecule has 4 nitrogen and oxygen atoms in total. The first-order valence-electron chi connectivity index (χ1n) is 6.98. The van der Waals surface area contributed by atoms with Gasteiger partial charge in [0.15, 0.2) is 0 Å². The minimum Gasteiger partial charge on any atom is -0.317 e. The molecule has 0 rings (SSSR count). The summed E-state index contributed by atoms with van der Waals surface area (Å²) in [5.74, 6) is 0.985. The van der Waals surface area contributed by atoms with E-state index in [9.17, 15) is 8.42 Å². The van der Waals surface area contributed by atoms with Crippen LogP contribution < -0.4 is 5.32 Å². The van der Waals surface area contributed by atoms with Crippen LogP contribution in [0.1, 0.15) is 41.0 Å². The predicted octanol–water partition coefficient (Wildman–Crippen LogP) is 1.93. The first-order valence-corrected chi connectivity index (χ1v) is 8.59. The average Bonchev–Trinajstić information content (AvgIpc) is 2.22. The van der Waals surface area contributed by atoms with Crippen LogP contribution in [0.3, 0.4) is 0 Å². The van der Waals surface area contributed by atoms with Crippen LogP contribution in [-0.2, 0) is 10.0 Å². The molecule has 1 N–H and O–H groups in total. The van der Waals surface area contributed by atoms with Crippen LogP contribution in [0.25, 0.3) is 0 Å². The molecule has 0 amide bonds. The van der Waals surface area contributed by atoms with Crippen molar-refractivity contribution in [3.8, 4) is 0 Å². The summed E-state index contributed by atoms with van der Waals surface area (Å²) in [5.41, 5.74) is 0. The highest BCUT2D eigenvalue weighted by atomic mass is 32.2. The van der Waals surface area contributed by atoms with Crippen molar-refractivity contribution in [2.75, 3.05) is 31.9 Å². The minimum absolute atomic E-state index is 0.249. The summed E-state index contributed by atoms with van der Waals surface area (Å²) in [6, 6.07) is 0. The van der Waals surface area contributed by atoms with Gasteiger partial charge in [-0.3, -0.25) is 0 Å². The van der Waals surface area contributed by atoms with Crippen LogP contribution in [0.2, 0.25) is 0 Å². The molecule has 18 heavy (non-hydrogen) atoms. The van der Waals surface area contributed by atoms with Crippen molar-refractivity contribution in [1.29, 1.82) is 0 Å². The zero-order valence-corrected chi connectivity index (χ0v) is 13.4. The van der Waals surface area contributed by atoms with Gasteiger partial charge in [-0.2, -0.15) is 0 Å². The molecule has 110 valence electrons. The van der Waals surface area contributed by atoms with Crippen LogP contribution in [0.5, 0.6) is 0 Å². The summed E-state index contributed by atoms with van der Waals surface area (Å²) in [5, 5.41) is 3.16. The molecule has 0 aliphatic carbocycles. The van der Waals surface area contributed by atoms with Crippen molar-refractivity contribution in [2.24, 2.45) is 11.8 Å². The SMILES string of the molecule is CCNCCCS(=O)(=O)N(CC(C)C)CC(C)C. The second-order valence-corrected chi connectivity index (χ2v) is 7.72. The highest BCUT2D eigenvalue weighted by Gasteiger charge is 2.23. The first kappa shape index (κ1) is 17.9. The third-order valence-electron chi connectivity index (χ3n) is 2.54. The maximum atomic E-state index is 12.3. The molecule has 0 radical (unpaired) electrons. The van der Waals surface area contributed by atoms with E-state index in [1.165, 1.54) is 0 Å². The van der Waals surface area contributed by atoms with Gasteiger partial charge in [0.25, 0.3) is 0 Å². The summed E-state index contributed by atoms with van der Waals surface area (Å²) in [6.07, 6.45) is 0.683. The molecule has 0 aromatic heterocycles. The van der Waals surface area contributed by atoms with Crippen molar-refractivity contribution >= 4 is 10.0 Å². The molecule has 0 atom stereocenters. The van der Waals surface area contributed by atoms with E-state index in [1.54, 1.807) is 4.31 Å². The van der Waals surface area contributed by atoms with E-state index in [0.29, 0.717) is 31.3 Å². The molecule has 0 heterocycles. The van der Waals surface area contributed by atoms with E-state index >= 15 is 0 Å². The van der Waals surface area contributed by atoms with Crippen LogP contribution in [-0.4, -0.2) is 44.7 Å². The van der Waals surface area contributed by atoms with Crippen molar-refractivity contribution < 1.29 is 8.42 Å². The summed E-state index contributed by atoms with van der Waals surface area (Å²) >= 11 is 0.